The number of nitrogens with zero attached hydrogens (tertiary/aromatic N) is 2. The van der Waals surface area contributed by atoms with Gasteiger partial charge in [-0.25, -0.2) is 4.79 Å². The Kier molecular flexibility index (Phi) is 5.22. The standard InChI is InChI=1S/C12H24N4O2/c13-3-1-4-15-5-7-16(8-6-15)12(17)14-11-2-9-18-10-11/h11H,1-10,13H2,(H,14,17). The Hall–Kier alpha value is -0.850. The highest BCUT2D eigenvalue weighted by atomic mass is 16.5. The summed E-state index contributed by atoms with van der Waals surface area (Å²) < 4.78 is 5.25. The van der Waals surface area contributed by atoms with Gasteiger partial charge in [0.05, 0.1) is 12.6 Å². The number of carbonyl (C=O) groups excluding carboxylic acids is 1. The van der Waals surface area contributed by atoms with E-state index in [1.54, 1.807) is 0 Å². The van der Waals surface area contributed by atoms with E-state index in [-0.39, 0.29) is 12.1 Å². The van der Waals surface area contributed by atoms with Gasteiger partial charge in [0.1, 0.15) is 0 Å². The molecule has 0 aromatic rings. The van der Waals surface area contributed by atoms with Gasteiger partial charge in [-0.2, -0.15) is 0 Å². The van der Waals surface area contributed by atoms with Crippen LogP contribution in [0.25, 0.3) is 0 Å². The van der Waals surface area contributed by atoms with Crippen molar-refractivity contribution < 1.29 is 9.53 Å². The highest BCUT2D eigenvalue weighted by molar-refractivity contribution is 5.74. The van der Waals surface area contributed by atoms with Gasteiger partial charge in [-0.1, -0.05) is 0 Å². The van der Waals surface area contributed by atoms with E-state index in [1.807, 2.05) is 4.90 Å². The summed E-state index contributed by atoms with van der Waals surface area (Å²) in [7, 11) is 0. The molecule has 104 valence electrons. The zero-order valence-electron chi connectivity index (χ0n) is 10.9. The number of nitrogens with one attached hydrogen (secondary N) is 1. The van der Waals surface area contributed by atoms with Crippen molar-refractivity contribution in [3.8, 4) is 0 Å². The van der Waals surface area contributed by atoms with Gasteiger partial charge in [0.2, 0.25) is 0 Å². The summed E-state index contributed by atoms with van der Waals surface area (Å²) in [6.07, 6.45) is 1.97. The molecule has 0 aromatic heterocycles. The predicted octanol–water partition coefficient (Wildman–Crippen LogP) is -0.549. The van der Waals surface area contributed by atoms with Crippen molar-refractivity contribution in [2.45, 2.75) is 18.9 Å². The van der Waals surface area contributed by atoms with Crippen molar-refractivity contribution in [1.82, 2.24) is 15.1 Å². The van der Waals surface area contributed by atoms with E-state index in [1.165, 1.54) is 0 Å². The lowest BCUT2D eigenvalue weighted by Gasteiger charge is -2.35. The fraction of sp³-hybridized carbons (Fsp3) is 0.917. The molecule has 18 heavy (non-hydrogen) atoms. The van der Waals surface area contributed by atoms with Crippen LogP contribution < -0.4 is 11.1 Å². The van der Waals surface area contributed by atoms with Gasteiger partial charge >= 0.3 is 6.03 Å². The lowest BCUT2D eigenvalue weighted by Crippen LogP contribution is -2.53. The Bertz CT molecular complexity index is 261. The number of rotatable bonds is 4. The van der Waals surface area contributed by atoms with Gasteiger partial charge in [0, 0.05) is 32.8 Å². The zero-order valence-corrected chi connectivity index (χ0v) is 10.9. The molecule has 0 aliphatic carbocycles. The first kappa shape index (κ1) is 13.6. The molecule has 0 saturated carbocycles. The third-order valence-electron chi connectivity index (χ3n) is 3.60. The first-order valence-electron chi connectivity index (χ1n) is 6.85. The van der Waals surface area contributed by atoms with Crippen LogP contribution in [0.3, 0.4) is 0 Å². The normalized spacial score (nSPS) is 25.4. The molecule has 1 unspecified atom stereocenters. The van der Waals surface area contributed by atoms with Gasteiger partial charge in [-0.3, -0.25) is 4.90 Å². The molecule has 2 saturated heterocycles. The van der Waals surface area contributed by atoms with Crippen LogP contribution in [0.4, 0.5) is 4.79 Å². The highest BCUT2D eigenvalue weighted by Crippen LogP contribution is 2.06. The summed E-state index contributed by atoms with van der Waals surface area (Å²) in [5.74, 6) is 0. The van der Waals surface area contributed by atoms with Crippen LogP contribution in [-0.2, 0) is 4.74 Å². The fourth-order valence-corrected chi connectivity index (χ4v) is 2.40. The van der Waals surface area contributed by atoms with Crippen LogP contribution in [0.5, 0.6) is 0 Å². The number of hydrogen-bond donors (Lipinski definition) is 2. The fourth-order valence-electron chi connectivity index (χ4n) is 2.40. The van der Waals surface area contributed by atoms with E-state index in [0.717, 1.165) is 58.7 Å². The average Bonchev–Trinajstić information content (AvgIpc) is 2.89. The lowest BCUT2D eigenvalue weighted by molar-refractivity contribution is 0.135. The number of carbonyl (C=O) groups is 1. The van der Waals surface area contributed by atoms with Crippen LogP contribution in [0.1, 0.15) is 12.8 Å². The summed E-state index contributed by atoms with van der Waals surface area (Å²) in [5.41, 5.74) is 5.50. The monoisotopic (exact) mass is 256 g/mol. The number of amides is 2. The number of urea groups is 1. The molecule has 2 amide bonds. The minimum absolute atomic E-state index is 0.0592. The third-order valence-corrected chi connectivity index (χ3v) is 3.60. The van der Waals surface area contributed by atoms with Crippen molar-refractivity contribution in [2.75, 3.05) is 52.5 Å². The highest BCUT2D eigenvalue weighted by Gasteiger charge is 2.24. The summed E-state index contributed by atoms with van der Waals surface area (Å²) in [5, 5.41) is 3.03. The van der Waals surface area contributed by atoms with Gasteiger partial charge in [0.15, 0.2) is 0 Å². The minimum Gasteiger partial charge on any atom is -0.379 e. The third kappa shape index (κ3) is 3.83. The number of ether oxygens (including phenoxy) is 1. The molecule has 6 heteroatoms. The molecule has 0 bridgehead atoms. The molecule has 2 aliphatic rings. The SMILES string of the molecule is NCCCN1CCN(C(=O)NC2CCOC2)CC1. The summed E-state index contributed by atoms with van der Waals surface area (Å²) in [6, 6.07) is 0.261. The maximum absolute atomic E-state index is 12.0. The van der Waals surface area contributed by atoms with Gasteiger partial charge in [-0.05, 0) is 25.9 Å². The number of hydrogen-bond acceptors (Lipinski definition) is 4. The van der Waals surface area contributed by atoms with Crippen molar-refractivity contribution >= 4 is 6.03 Å². The molecule has 0 aromatic carbocycles. The molecular formula is C12H24N4O2. The summed E-state index contributed by atoms with van der Waals surface area (Å²) >= 11 is 0. The topological polar surface area (TPSA) is 70.8 Å². The lowest BCUT2D eigenvalue weighted by atomic mass is 10.2. The average molecular weight is 256 g/mol. The van der Waals surface area contributed by atoms with E-state index < -0.39 is 0 Å². The van der Waals surface area contributed by atoms with Gasteiger partial charge in [0.25, 0.3) is 0 Å². The minimum atomic E-state index is 0.0592. The van der Waals surface area contributed by atoms with Crippen LogP contribution in [0.15, 0.2) is 0 Å². The maximum atomic E-state index is 12.0. The maximum Gasteiger partial charge on any atom is 0.317 e. The summed E-state index contributed by atoms with van der Waals surface area (Å²) in [6.45, 7) is 6.72. The molecule has 0 radical (unpaired) electrons. The molecule has 2 heterocycles. The Morgan fingerprint density at radius 1 is 1.33 bits per heavy atom. The van der Waals surface area contributed by atoms with Crippen LogP contribution in [0, 0.1) is 0 Å². The summed E-state index contributed by atoms with van der Waals surface area (Å²) in [4.78, 5) is 16.3. The molecule has 2 rings (SSSR count). The number of nitrogens with two attached hydrogens (primary N) is 1. The first-order valence-corrected chi connectivity index (χ1v) is 6.85. The Labute approximate surface area is 108 Å². The molecule has 2 aliphatic heterocycles. The van der Waals surface area contributed by atoms with Crippen molar-refractivity contribution in [3.63, 3.8) is 0 Å². The second-order valence-corrected chi connectivity index (χ2v) is 4.98. The molecular weight excluding hydrogens is 232 g/mol. The van der Waals surface area contributed by atoms with Crippen LogP contribution in [-0.4, -0.2) is 74.4 Å². The number of piperazine rings is 1. The largest absolute Gasteiger partial charge is 0.379 e. The molecule has 0 spiro atoms. The molecule has 1 atom stereocenters. The van der Waals surface area contributed by atoms with Gasteiger partial charge in [-0.15, -0.1) is 0 Å². The Balaban J connectivity index is 1.66. The zero-order chi connectivity index (χ0) is 12.8. The van der Waals surface area contributed by atoms with Crippen LogP contribution in [0.2, 0.25) is 0 Å². The second kappa shape index (κ2) is 6.92. The smallest absolute Gasteiger partial charge is 0.317 e. The molecule has 3 N–H and O–H groups in total. The van der Waals surface area contributed by atoms with E-state index in [9.17, 15) is 4.79 Å². The Morgan fingerprint density at radius 3 is 2.72 bits per heavy atom. The van der Waals surface area contributed by atoms with Crippen molar-refractivity contribution in [1.29, 1.82) is 0 Å². The quantitative estimate of drug-likeness (QED) is 0.708. The van der Waals surface area contributed by atoms with Gasteiger partial charge < -0.3 is 20.7 Å². The van der Waals surface area contributed by atoms with Crippen molar-refractivity contribution in [3.05, 3.63) is 0 Å². The van der Waals surface area contributed by atoms with Crippen LogP contribution >= 0.6 is 0 Å². The van der Waals surface area contributed by atoms with E-state index in [2.05, 4.69) is 10.2 Å². The van der Waals surface area contributed by atoms with E-state index >= 15 is 0 Å². The van der Waals surface area contributed by atoms with Crippen molar-refractivity contribution in [2.24, 2.45) is 5.73 Å². The molecule has 6 nitrogen and oxygen atoms in total. The molecule has 2 fully saturated rings. The van der Waals surface area contributed by atoms with E-state index in [4.69, 9.17) is 10.5 Å². The second-order valence-electron chi connectivity index (χ2n) is 4.98. The first-order chi connectivity index (χ1) is 8.79. The van der Waals surface area contributed by atoms with E-state index in [0.29, 0.717) is 6.61 Å². The Morgan fingerprint density at radius 2 is 2.11 bits per heavy atom. The predicted molar refractivity (Wildman–Crippen MR) is 69.4 cm³/mol.